The number of fused-ring (bicyclic) bond motifs is 2. The first-order valence-corrected chi connectivity index (χ1v) is 14.7. The molecule has 0 aliphatic carbocycles. The van der Waals surface area contributed by atoms with Crippen LogP contribution in [0.4, 0.5) is 0 Å². The fourth-order valence-corrected chi connectivity index (χ4v) is 6.37. The summed E-state index contributed by atoms with van der Waals surface area (Å²) in [5, 5.41) is 19.1. The molecule has 4 aromatic rings. The molecule has 2 heterocycles. The second kappa shape index (κ2) is 11.0. The van der Waals surface area contributed by atoms with Gasteiger partial charge in [0.1, 0.15) is 5.03 Å². The molecule has 0 radical (unpaired) electrons. The zero-order valence-electron chi connectivity index (χ0n) is 22.0. The zero-order valence-corrected chi connectivity index (χ0v) is 22.8. The number of nitrogens with zero attached hydrogens (tertiary/aromatic N) is 2. The highest BCUT2D eigenvalue weighted by atomic mass is 32.2. The first-order valence-electron chi connectivity index (χ1n) is 13.2. The number of aromatic nitrogens is 1. The predicted molar refractivity (Wildman–Crippen MR) is 153 cm³/mol. The third-order valence-electron chi connectivity index (χ3n) is 7.52. The van der Waals surface area contributed by atoms with Gasteiger partial charge in [-0.05, 0) is 68.1 Å². The van der Waals surface area contributed by atoms with Gasteiger partial charge in [0.05, 0.1) is 22.4 Å². The van der Waals surface area contributed by atoms with Crippen molar-refractivity contribution in [1.82, 2.24) is 15.2 Å². The van der Waals surface area contributed by atoms with Crippen LogP contribution < -0.4 is 5.32 Å². The Morgan fingerprint density at radius 3 is 2.57 bits per heavy atom. The quantitative estimate of drug-likeness (QED) is 0.326. The summed E-state index contributed by atoms with van der Waals surface area (Å²) in [6.07, 6.45) is 4.10. The number of aliphatic hydroxyl groups is 1. The van der Waals surface area contributed by atoms with Crippen LogP contribution in [0.1, 0.15) is 37.8 Å². The van der Waals surface area contributed by atoms with E-state index in [1.807, 2.05) is 24.3 Å². The highest BCUT2D eigenvalue weighted by Gasteiger charge is 2.32. The van der Waals surface area contributed by atoms with Gasteiger partial charge in [-0.2, -0.15) is 0 Å². The smallest absolute Gasteiger partial charge is 0.132 e. The van der Waals surface area contributed by atoms with E-state index in [2.05, 4.69) is 72.6 Å². The van der Waals surface area contributed by atoms with E-state index in [0.29, 0.717) is 18.1 Å². The average Bonchev–Trinajstić information content (AvgIpc) is 3.34. The van der Waals surface area contributed by atoms with E-state index in [1.54, 1.807) is 6.26 Å². The second-order valence-corrected chi connectivity index (χ2v) is 12.3. The normalized spacial score (nSPS) is 18.4. The Hall–Kier alpha value is -2.64. The molecular formula is C31H37N3O2S. The second-order valence-electron chi connectivity index (χ2n) is 11.0. The number of hydrogen-bond acceptors (Lipinski definition) is 5. The Morgan fingerprint density at radius 2 is 1.78 bits per heavy atom. The highest BCUT2D eigenvalue weighted by Crippen LogP contribution is 2.27. The van der Waals surface area contributed by atoms with Crippen molar-refractivity contribution in [3.05, 3.63) is 83.9 Å². The van der Waals surface area contributed by atoms with Gasteiger partial charge in [0, 0.05) is 41.9 Å². The van der Waals surface area contributed by atoms with Crippen LogP contribution in [0, 0.1) is 0 Å². The van der Waals surface area contributed by atoms with Crippen molar-refractivity contribution in [2.75, 3.05) is 19.3 Å². The SMILES string of the molecule is CS(=O)c1nc2ccccc2cc1CN1CCC[C@@H]1[C@H](O)CNC(C)(C)Cc1ccc2ccccc2c1. The van der Waals surface area contributed by atoms with Gasteiger partial charge in [-0.15, -0.1) is 0 Å². The van der Waals surface area contributed by atoms with Crippen LogP contribution in [0.3, 0.4) is 0 Å². The number of aliphatic hydroxyl groups excluding tert-OH is 1. The summed E-state index contributed by atoms with van der Waals surface area (Å²) >= 11 is 0. The topological polar surface area (TPSA) is 65.5 Å². The molecule has 2 N–H and O–H groups in total. The molecule has 0 spiro atoms. The van der Waals surface area contributed by atoms with Crippen LogP contribution in [0.25, 0.3) is 21.7 Å². The van der Waals surface area contributed by atoms with E-state index in [9.17, 15) is 9.32 Å². The molecule has 0 saturated carbocycles. The van der Waals surface area contributed by atoms with Gasteiger partial charge in [-0.25, -0.2) is 4.98 Å². The molecule has 1 unspecified atom stereocenters. The van der Waals surface area contributed by atoms with Crippen molar-refractivity contribution in [3.63, 3.8) is 0 Å². The monoisotopic (exact) mass is 515 g/mol. The van der Waals surface area contributed by atoms with Crippen LogP contribution in [-0.4, -0.2) is 56.2 Å². The maximum atomic E-state index is 12.5. The van der Waals surface area contributed by atoms with Crippen molar-refractivity contribution >= 4 is 32.5 Å². The summed E-state index contributed by atoms with van der Waals surface area (Å²) < 4.78 is 12.5. The molecule has 3 atom stereocenters. The van der Waals surface area contributed by atoms with Crippen molar-refractivity contribution < 1.29 is 9.32 Å². The molecule has 37 heavy (non-hydrogen) atoms. The summed E-state index contributed by atoms with van der Waals surface area (Å²) in [6, 6.07) is 25.2. The van der Waals surface area contributed by atoms with Gasteiger partial charge in [0.15, 0.2) is 0 Å². The fraction of sp³-hybridized carbons (Fsp3) is 0.387. The molecule has 194 valence electrons. The van der Waals surface area contributed by atoms with E-state index in [0.717, 1.165) is 42.3 Å². The zero-order chi connectivity index (χ0) is 26.0. The number of para-hydroxylation sites is 1. The minimum atomic E-state index is -1.17. The molecule has 1 fully saturated rings. The third kappa shape index (κ3) is 6.10. The Labute approximate surface area is 222 Å². The van der Waals surface area contributed by atoms with E-state index < -0.39 is 16.9 Å². The van der Waals surface area contributed by atoms with Crippen molar-refractivity contribution in [1.29, 1.82) is 0 Å². The summed E-state index contributed by atoms with van der Waals surface area (Å²) in [5.41, 5.74) is 2.99. The Bertz CT molecular complexity index is 1420. The molecule has 0 bridgehead atoms. The van der Waals surface area contributed by atoms with Gasteiger partial charge >= 0.3 is 0 Å². The van der Waals surface area contributed by atoms with E-state index in [-0.39, 0.29) is 11.6 Å². The molecule has 1 saturated heterocycles. The first kappa shape index (κ1) is 26.0. The van der Waals surface area contributed by atoms with Crippen LogP contribution in [0.2, 0.25) is 0 Å². The minimum absolute atomic E-state index is 0.0635. The number of hydrogen-bond donors (Lipinski definition) is 2. The summed E-state index contributed by atoms with van der Waals surface area (Å²) in [4.78, 5) is 7.05. The van der Waals surface area contributed by atoms with E-state index >= 15 is 0 Å². The lowest BCUT2D eigenvalue weighted by Crippen LogP contribution is -2.50. The standard InChI is InChI=1S/C31H37N3O2S/c1-31(2,19-22-14-15-23-9-4-5-10-24(23)17-22)32-20-29(35)28-13-8-16-34(28)21-26-18-25-11-6-7-12-27(25)33-30(26)37(3)36/h4-7,9-12,14-15,17-18,28-29,32,35H,8,13,16,19-21H2,1-3H3/t28-,29-,37?/m1/s1. The molecule has 1 aliphatic rings. The number of β-amino-alcohol motifs (C(OH)–C–C–N with tert-alkyl or cyclic N) is 1. The van der Waals surface area contributed by atoms with E-state index in [1.165, 1.54) is 16.3 Å². The number of nitrogens with one attached hydrogen (secondary N) is 1. The Morgan fingerprint density at radius 1 is 1.05 bits per heavy atom. The van der Waals surface area contributed by atoms with Gasteiger partial charge in [0.2, 0.25) is 0 Å². The highest BCUT2D eigenvalue weighted by molar-refractivity contribution is 7.84. The maximum absolute atomic E-state index is 12.5. The van der Waals surface area contributed by atoms with Crippen molar-refractivity contribution in [3.8, 4) is 0 Å². The van der Waals surface area contributed by atoms with Crippen molar-refractivity contribution in [2.45, 2.75) is 62.4 Å². The summed E-state index contributed by atoms with van der Waals surface area (Å²) in [6.45, 7) is 6.50. The average molecular weight is 516 g/mol. The summed E-state index contributed by atoms with van der Waals surface area (Å²) in [5.74, 6) is 0. The Balaban J connectivity index is 1.24. The fourth-order valence-electron chi connectivity index (χ4n) is 5.65. The molecule has 5 nitrogen and oxygen atoms in total. The van der Waals surface area contributed by atoms with Gasteiger partial charge in [0.25, 0.3) is 0 Å². The van der Waals surface area contributed by atoms with Crippen molar-refractivity contribution in [2.24, 2.45) is 0 Å². The minimum Gasteiger partial charge on any atom is -0.390 e. The van der Waals surface area contributed by atoms with E-state index in [4.69, 9.17) is 4.98 Å². The molecule has 0 amide bonds. The molecule has 5 rings (SSSR count). The van der Waals surface area contributed by atoms with Gasteiger partial charge in [-0.1, -0.05) is 60.7 Å². The van der Waals surface area contributed by atoms with Crippen LogP contribution in [0.15, 0.2) is 77.8 Å². The molecule has 1 aromatic heterocycles. The van der Waals surface area contributed by atoms with Crippen LogP contribution in [0.5, 0.6) is 0 Å². The lowest BCUT2D eigenvalue weighted by Gasteiger charge is -2.33. The largest absolute Gasteiger partial charge is 0.390 e. The van der Waals surface area contributed by atoms with Gasteiger partial charge in [-0.3, -0.25) is 9.11 Å². The summed E-state index contributed by atoms with van der Waals surface area (Å²) in [7, 11) is -1.17. The number of pyridine rings is 1. The number of rotatable bonds is 9. The predicted octanol–water partition coefficient (Wildman–Crippen LogP) is 5.06. The lowest BCUT2D eigenvalue weighted by molar-refractivity contribution is 0.0629. The first-order chi connectivity index (χ1) is 17.8. The lowest BCUT2D eigenvalue weighted by atomic mass is 9.93. The molecule has 6 heteroatoms. The third-order valence-corrected chi connectivity index (χ3v) is 8.42. The van der Waals surface area contributed by atoms with Crippen LogP contribution in [-0.2, 0) is 23.8 Å². The number of benzene rings is 3. The maximum Gasteiger partial charge on any atom is 0.132 e. The number of likely N-dealkylation sites (tertiary alicyclic amines) is 1. The Kier molecular flexibility index (Phi) is 7.72. The molecule has 3 aromatic carbocycles. The van der Waals surface area contributed by atoms with Crippen LogP contribution >= 0.6 is 0 Å². The molecular weight excluding hydrogens is 478 g/mol. The van der Waals surface area contributed by atoms with Gasteiger partial charge < -0.3 is 10.4 Å². The molecule has 1 aliphatic heterocycles.